The summed E-state index contributed by atoms with van der Waals surface area (Å²) in [7, 11) is 5.73. The predicted octanol–water partition coefficient (Wildman–Crippen LogP) is 1.75. The third-order valence-corrected chi connectivity index (χ3v) is 2.84. The molecule has 1 N–H and O–H groups in total. The van der Waals surface area contributed by atoms with Gasteiger partial charge in [-0.25, -0.2) is 0 Å². The first-order valence-electron chi connectivity index (χ1n) is 5.83. The van der Waals surface area contributed by atoms with Gasteiger partial charge in [-0.3, -0.25) is 4.99 Å². The summed E-state index contributed by atoms with van der Waals surface area (Å²) in [6.45, 7) is 0.777. The number of nitrogens with zero attached hydrogens (tertiary/aromatic N) is 2. The van der Waals surface area contributed by atoms with E-state index in [0.29, 0.717) is 0 Å². The van der Waals surface area contributed by atoms with Crippen LogP contribution in [0.15, 0.2) is 29.3 Å². The molecule has 5 heteroatoms. The fraction of sp³-hybridized carbons (Fsp3) is 0.462. The Morgan fingerprint density at radius 1 is 1.44 bits per heavy atom. The summed E-state index contributed by atoms with van der Waals surface area (Å²) in [5.74, 6) is 1.89. The quantitative estimate of drug-likeness (QED) is 0.496. The minimum Gasteiger partial charge on any atom is -0.488 e. The molecular formula is C13H20IN3O. The van der Waals surface area contributed by atoms with Crippen molar-refractivity contribution < 1.29 is 4.74 Å². The summed E-state index contributed by atoms with van der Waals surface area (Å²) < 4.78 is 5.85. The molecule has 1 atom stereocenters. The Kier molecular flexibility index (Phi) is 5.71. The van der Waals surface area contributed by atoms with E-state index in [9.17, 15) is 0 Å². The molecule has 0 aliphatic carbocycles. The van der Waals surface area contributed by atoms with E-state index in [2.05, 4.69) is 22.4 Å². The maximum atomic E-state index is 5.85. The van der Waals surface area contributed by atoms with Crippen LogP contribution in [0.4, 0.5) is 0 Å². The van der Waals surface area contributed by atoms with Crippen molar-refractivity contribution in [3.63, 3.8) is 0 Å². The third-order valence-electron chi connectivity index (χ3n) is 2.84. The molecule has 1 aromatic rings. The summed E-state index contributed by atoms with van der Waals surface area (Å²) in [4.78, 5) is 6.13. The Balaban J connectivity index is 0.00000162. The van der Waals surface area contributed by atoms with Gasteiger partial charge in [-0.05, 0) is 11.6 Å². The first-order chi connectivity index (χ1) is 8.20. The number of para-hydroxylation sites is 1. The van der Waals surface area contributed by atoms with Crippen LogP contribution in [0.25, 0.3) is 0 Å². The van der Waals surface area contributed by atoms with E-state index in [4.69, 9.17) is 4.74 Å². The summed E-state index contributed by atoms with van der Waals surface area (Å²) in [5.41, 5.74) is 1.29. The van der Waals surface area contributed by atoms with Crippen LogP contribution in [0.3, 0.4) is 0 Å². The van der Waals surface area contributed by atoms with Crippen molar-refractivity contribution in [1.29, 1.82) is 0 Å². The molecule has 0 aromatic heterocycles. The number of aliphatic imine (C=N–C) groups is 1. The van der Waals surface area contributed by atoms with Gasteiger partial charge in [0.25, 0.3) is 0 Å². The van der Waals surface area contributed by atoms with Crippen LogP contribution in [-0.4, -0.2) is 44.7 Å². The zero-order chi connectivity index (χ0) is 12.3. The van der Waals surface area contributed by atoms with E-state index in [1.54, 1.807) is 7.05 Å². The highest BCUT2D eigenvalue weighted by atomic mass is 127. The molecule has 0 fully saturated rings. The van der Waals surface area contributed by atoms with Crippen molar-refractivity contribution in [3.8, 4) is 5.75 Å². The molecule has 100 valence electrons. The van der Waals surface area contributed by atoms with E-state index in [1.807, 2.05) is 31.1 Å². The van der Waals surface area contributed by atoms with Crippen LogP contribution in [-0.2, 0) is 6.42 Å². The van der Waals surface area contributed by atoms with E-state index in [1.165, 1.54) is 5.56 Å². The topological polar surface area (TPSA) is 36.9 Å². The fourth-order valence-corrected chi connectivity index (χ4v) is 2.01. The van der Waals surface area contributed by atoms with Crippen molar-refractivity contribution >= 4 is 29.9 Å². The molecule has 0 radical (unpaired) electrons. The maximum absolute atomic E-state index is 5.85. The van der Waals surface area contributed by atoms with Crippen LogP contribution in [0.2, 0.25) is 0 Å². The van der Waals surface area contributed by atoms with Gasteiger partial charge in [0.1, 0.15) is 11.9 Å². The van der Waals surface area contributed by atoms with Gasteiger partial charge in [0.2, 0.25) is 0 Å². The summed E-state index contributed by atoms with van der Waals surface area (Å²) in [6.07, 6.45) is 1.16. The van der Waals surface area contributed by atoms with Gasteiger partial charge in [0, 0.05) is 27.6 Å². The lowest BCUT2D eigenvalue weighted by atomic mass is 10.1. The van der Waals surface area contributed by atoms with Gasteiger partial charge in [-0.2, -0.15) is 0 Å². The monoisotopic (exact) mass is 361 g/mol. The van der Waals surface area contributed by atoms with Crippen LogP contribution in [0.1, 0.15) is 5.56 Å². The van der Waals surface area contributed by atoms with Crippen LogP contribution in [0.5, 0.6) is 5.75 Å². The Morgan fingerprint density at radius 2 is 2.17 bits per heavy atom. The predicted molar refractivity (Wildman–Crippen MR) is 85.0 cm³/mol. The first-order valence-corrected chi connectivity index (χ1v) is 5.83. The number of ether oxygens (including phenoxy) is 1. The SMILES string of the molecule is CN=C(NCC1Cc2ccccc2O1)N(C)C.I. The van der Waals surface area contributed by atoms with Gasteiger partial charge in [0.05, 0.1) is 6.54 Å². The zero-order valence-electron chi connectivity index (χ0n) is 11.0. The molecule has 0 spiro atoms. The lowest BCUT2D eigenvalue weighted by molar-refractivity contribution is 0.234. The summed E-state index contributed by atoms with van der Waals surface area (Å²) in [5, 5.41) is 3.30. The number of hydrogen-bond acceptors (Lipinski definition) is 2. The number of fused-ring (bicyclic) bond motifs is 1. The van der Waals surface area contributed by atoms with Gasteiger partial charge < -0.3 is 15.0 Å². The lowest BCUT2D eigenvalue weighted by Gasteiger charge is -2.19. The minimum absolute atomic E-state index is 0. The minimum atomic E-state index is 0. The van der Waals surface area contributed by atoms with E-state index in [0.717, 1.165) is 24.7 Å². The number of hydrogen-bond donors (Lipinski definition) is 1. The average Bonchev–Trinajstić information content (AvgIpc) is 2.71. The molecule has 1 unspecified atom stereocenters. The van der Waals surface area contributed by atoms with E-state index in [-0.39, 0.29) is 30.1 Å². The van der Waals surface area contributed by atoms with Gasteiger partial charge in [-0.15, -0.1) is 24.0 Å². The highest BCUT2D eigenvalue weighted by Gasteiger charge is 2.22. The van der Waals surface area contributed by atoms with Crippen LogP contribution >= 0.6 is 24.0 Å². The molecule has 0 bridgehead atoms. The summed E-state index contributed by atoms with van der Waals surface area (Å²) in [6, 6.07) is 8.20. The Labute approximate surface area is 125 Å². The maximum Gasteiger partial charge on any atom is 0.193 e. The standard InChI is InChI=1S/C13H19N3O.HI/c1-14-13(16(2)3)15-9-11-8-10-6-4-5-7-12(10)17-11;/h4-7,11H,8-9H2,1-3H3,(H,14,15);1H. The molecule has 0 saturated carbocycles. The number of rotatable bonds is 2. The second-order valence-corrected chi connectivity index (χ2v) is 4.37. The molecule has 4 nitrogen and oxygen atoms in total. The second kappa shape index (κ2) is 6.82. The molecule has 1 aliphatic rings. The molecule has 0 amide bonds. The Hall–Kier alpha value is -0.980. The molecule has 1 heterocycles. The zero-order valence-corrected chi connectivity index (χ0v) is 13.3. The van der Waals surface area contributed by atoms with Crippen molar-refractivity contribution in [2.45, 2.75) is 12.5 Å². The largest absolute Gasteiger partial charge is 0.488 e. The highest BCUT2D eigenvalue weighted by molar-refractivity contribution is 14.0. The van der Waals surface area contributed by atoms with E-state index < -0.39 is 0 Å². The van der Waals surface area contributed by atoms with E-state index >= 15 is 0 Å². The first kappa shape index (κ1) is 15.1. The molecule has 1 aromatic carbocycles. The smallest absolute Gasteiger partial charge is 0.193 e. The van der Waals surface area contributed by atoms with Gasteiger partial charge in [0.15, 0.2) is 5.96 Å². The second-order valence-electron chi connectivity index (χ2n) is 4.37. The molecule has 2 rings (SSSR count). The highest BCUT2D eigenvalue weighted by Crippen LogP contribution is 2.27. The van der Waals surface area contributed by atoms with Crippen molar-refractivity contribution in [2.75, 3.05) is 27.7 Å². The molecule has 0 saturated heterocycles. The van der Waals surface area contributed by atoms with Gasteiger partial charge in [-0.1, -0.05) is 18.2 Å². The number of nitrogens with one attached hydrogen (secondary N) is 1. The fourth-order valence-electron chi connectivity index (χ4n) is 2.01. The molecule has 18 heavy (non-hydrogen) atoms. The van der Waals surface area contributed by atoms with Gasteiger partial charge >= 0.3 is 0 Å². The molecular weight excluding hydrogens is 341 g/mol. The Morgan fingerprint density at radius 3 is 2.78 bits per heavy atom. The van der Waals surface area contributed by atoms with Crippen molar-refractivity contribution in [1.82, 2.24) is 10.2 Å². The van der Waals surface area contributed by atoms with Crippen molar-refractivity contribution in [2.24, 2.45) is 4.99 Å². The summed E-state index contributed by atoms with van der Waals surface area (Å²) >= 11 is 0. The average molecular weight is 361 g/mol. The lowest BCUT2D eigenvalue weighted by Crippen LogP contribution is -2.41. The molecule has 1 aliphatic heterocycles. The van der Waals surface area contributed by atoms with Crippen molar-refractivity contribution in [3.05, 3.63) is 29.8 Å². The Bertz CT molecular complexity index is 395. The normalized spacial score (nSPS) is 17.5. The van der Waals surface area contributed by atoms with Crippen LogP contribution in [0, 0.1) is 0 Å². The number of guanidine groups is 1. The third kappa shape index (κ3) is 3.51. The number of halogens is 1. The van der Waals surface area contributed by atoms with Crippen LogP contribution < -0.4 is 10.1 Å². The number of benzene rings is 1.